The summed E-state index contributed by atoms with van der Waals surface area (Å²) >= 11 is 6.29. The summed E-state index contributed by atoms with van der Waals surface area (Å²) in [6.07, 6.45) is 6.05. The summed E-state index contributed by atoms with van der Waals surface area (Å²) in [5, 5.41) is 8.92. The number of amides is 1. The third-order valence-electron chi connectivity index (χ3n) is 4.98. The number of hydrogen-bond donors (Lipinski definition) is 2. The first-order chi connectivity index (χ1) is 14.5. The van der Waals surface area contributed by atoms with E-state index in [0.717, 1.165) is 43.0 Å². The molecule has 0 radical (unpaired) electrons. The van der Waals surface area contributed by atoms with Crippen LogP contribution < -0.4 is 10.4 Å². The van der Waals surface area contributed by atoms with Gasteiger partial charge in [0.05, 0.1) is 5.02 Å². The Bertz CT molecular complexity index is 967. The maximum absolute atomic E-state index is 12.7. The molecule has 0 unspecified atom stereocenters. The number of hydroxylamine groups is 1. The summed E-state index contributed by atoms with van der Waals surface area (Å²) in [7, 11) is 2.10. The normalized spacial score (nSPS) is 14.6. The first kappa shape index (κ1) is 24.6. The average Bonchev–Trinajstić information content (AvgIpc) is 2.77. The van der Waals surface area contributed by atoms with E-state index in [1.165, 1.54) is 17.6 Å². The number of nitrogens with one attached hydrogen (secondary N) is 1. The molecule has 2 aromatic rings. The highest BCUT2D eigenvalue weighted by Gasteiger charge is 2.16. The second-order valence-corrected chi connectivity index (χ2v) is 7.54. The van der Waals surface area contributed by atoms with Crippen molar-refractivity contribution in [1.29, 1.82) is 0 Å². The van der Waals surface area contributed by atoms with Crippen molar-refractivity contribution < 1.29 is 14.8 Å². The number of allylic oxidation sites excluding steroid dienone is 1. The zero-order valence-electron chi connectivity index (χ0n) is 17.1. The highest BCUT2D eigenvalue weighted by atomic mass is 35.5. The van der Waals surface area contributed by atoms with Crippen LogP contribution in [-0.4, -0.2) is 55.0 Å². The second-order valence-electron chi connectivity index (χ2n) is 7.13. The number of anilines is 1. The summed E-state index contributed by atoms with van der Waals surface area (Å²) in [5.74, 6) is -0.750. The highest BCUT2D eigenvalue weighted by Crippen LogP contribution is 2.25. The fourth-order valence-electron chi connectivity index (χ4n) is 3.15. The number of carbonyl (C=O) groups excluding carboxylic acids is 2. The molecule has 0 atom stereocenters. The number of likely N-dealkylation sites (N-methyl/N-ethyl adjacent to an activating group) is 1. The van der Waals surface area contributed by atoms with Crippen LogP contribution in [0.3, 0.4) is 0 Å². The van der Waals surface area contributed by atoms with Gasteiger partial charge in [0.2, 0.25) is 0 Å². The number of piperazine rings is 1. The average molecular weight is 462 g/mol. The largest absolute Gasteiger partial charge is 0.369 e. The molecule has 2 N–H and O–H groups in total. The number of benzene rings is 2. The van der Waals surface area contributed by atoms with Gasteiger partial charge in [0.25, 0.3) is 5.91 Å². The first-order valence-corrected chi connectivity index (χ1v) is 10.0. The Kier molecular flexibility index (Phi) is 9.27. The molecule has 0 bridgehead atoms. The third kappa shape index (κ3) is 6.94. The van der Waals surface area contributed by atoms with Crippen molar-refractivity contribution in [3.8, 4) is 0 Å². The minimum atomic E-state index is -0.597. The Labute approximate surface area is 193 Å². The zero-order chi connectivity index (χ0) is 21.5. The molecule has 164 valence electrons. The van der Waals surface area contributed by atoms with Crippen LogP contribution in [0.4, 0.5) is 5.69 Å². The molecular formula is C23H25Cl2N3O3. The predicted molar refractivity (Wildman–Crippen MR) is 127 cm³/mol. The van der Waals surface area contributed by atoms with E-state index in [1.54, 1.807) is 18.2 Å². The molecule has 8 heteroatoms. The molecular weight excluding hydrogens is 437 g/mol. The molecule has 6 nitrogen and oxygen atoms in total. The molecule has 31 heavy (non-hydrogen) atoms. The first-order valence-electron chi connectivity index (χ1n) is 9.64. The van der Waals surface area contributed by atoms with Crippen LogP contribution in [0, 0.1) is 0 Å². The molecule has 0 aliphatic carbocycles. The van der Waals surface area contributed by atoms with Gasteiger partial charge < -0.3 is 9.80 Å². The van der Waals surface area contributed by atoms with Crippen molar-refractivity contribution in [3.05, 3.63) is 76.3 Å². The van der Waals surface area contributed by atoms with Crippen LogP contribution in [0.1, 0.15) is 21.5 Å². The van der Waals surface area contributed by atoms with Gasteiger partial charge in [-0.15, -0.1) is 12.4 Å². The number of carbonyl (C=O) groups is 2. The SMILES string of the molecule is CN1CCN(c2ccc(Cl)c(C(=O)C=Cc3ccc(C=CC(=O)NO)cc3)c2)CC1.Cl. The van der Waals surface area contributed by atoms with E-state index in [1.807, 2.05) is 36.4 Å². The standard InChI is InChI=1S/C23H24ClN3O3.ClH/c1-26-12-14-27(15-13-26)19-8-9-21(24)20(16-19)22(28)10-6-17-2-4-18(5-3-17)7-11-23(29)25-30;/h2-11,16,30H,12-15H2,1H3,(H,25,29);1H. The molecule has 0 aromatic heterocycles. The molecule has 1 amide bonds. The smallest absolute Gasteiger partial charge is 0.267 e. The van der Waals surface area contributed by atoms with Gasteiger partial charge >= 0.3 is 0 Å². The fraction of sp³-hybridized carbons (Fsp3) is 0.217. The molecule has 2 aromatic carbocycles. The predicted octanol–water partition coefficient (Wildman–Crippen LogP) is 3.93. The number of hydrogen-bond acceptors (Lipinski definition) is 5. The molecule has 1 aliphatic rings. The van der Waals surface area contributed by atoms with Gasteiger partial charge in [-0.2, -0.15) is 0 Å². The Balaban J connectivity index is 0.00000341. The van der Waals surface area contributed by atoms with E-state index in [-0.39, 0.29) is 18.2 Å². The maximum atomic E-state index is 12.7. The van der Waals surface area contributed by atoms with Crippen molar-refractivity contribution in [2.24, 2.45) is 0 Å². The van der Waals surface area contributed by atoms with Gasteiger partial charge in [-0.1, -0.05) is 41.9 Å². The molecule has 1 heterocycles. The van der Waals surface area contributed by atoms with E-state index in [0.29, 0.717) is 10.6 Å². The van der Waals surface area contributed by atoms with E-state index in [2.05, 4.69) is 16.8 Å². The summed E-state index contributed by atoms with van der Waals surface area (Å²) in [4.78, 5) is 28.3. The Morgan fingerprint density at radius 3 is 2.13 bits per heavy atom. The molecule has 1 aliphatic heterocycles. The van der Waals surface area contributed by atoms with Gasteiger partial charge in [0, 0.05) is 43.5 Å². The van der Waals surface area contributed by atoms with Crippen molar-refractivity contribution in [2.75, 3.05) is 38.1 Å². The van der Waals surface area contributed by atoms with Crippen LogP contribution in [-0.2, 0) is 4.79 Å². The molecule has 0 saturated carbocycles. The Morgan fingerprint density at radius 1 is 0.968 bits per heavy atom. The van der Waals surface area contributed by atoms with Crippen LogP contribution in [0.5, 0.6) is 0 Å². The second kappa shape index (κ2) is 11.7. The molecule has 1 fully saturated rings. The highest BCUT2D eigenvalue weighted by molar-refractivity contribution is 6.34. The molecule has 0 spiro atoms. The fourth-order valence-corrected chi connectivity index (χ4v) is 3.36. The number of nitrogens with zero attached hydrogens (tertiary/aromatic N) is 2. The monoisotopic (exact) mass is 461 g/mol. The summed E-state index contributed by atoms with van der Waals surface area (Å²) in [6, 6.07) is 12.9. The topological polar surface area (TPSA) is 72.9 Å². The lowest BCUT2D eigenvalue weighted by atomic mass is 10.1. The summed E-state index contributed by atoms with van der Waals surface area (Å²) in [5.41, 5.74) is 4.67. The van der Waals surface area contributed by atoms with Gasteiger partial charge in [0.1, 0.15) is 0 Å². The lowest BCUT2D eigenvalue weighted by Crippen LogP contribution is -2.44. The maximum Gasteiger partial charge on any atom is 0.267 e. The van der Waals surface area contributed by atoms with Crippen molar-refractivity contribution >= 4 is 53.5 Å². The van der Waals surface area contributed by atoms with Crippen molar-refractivity contribution in [3.63, 3.8) is 0 Å². The van der Waals surface area contributed by atoms with E-state index in [9.17, 15) is 9.59 Å². The summed E-state index contributed by atoms with van der Waals surface area (Å²) < 4.78 is 0. The van der Waals surface area contributed by atoms with E-state index in [4.69, 9.17) is 16.8 Å². The Morgan fingerprint density at radius 2 is 1.55 bits per heavy atom. The zero-order valence-corrected chi connectivity index (χ0v) is 18.7. The molecule has 3 rings (SSSR count). The number of ketones is 1. The van der Waals surface area contributed by atoms with Gasteiger partial charge in [-0.25, -0.2) is 5.48 Å². The van der Waals surface area contributed by atoms with Gasteiger partial charge in [0.15, 0.2) is 5.78 Å². The minimum Gasteiger partial charge on any atom is -0.369 e. The van der Waals surface area contributed by atoms with Crippen molar-refractivity contribution in [2.45, 2.75) is 0 Å². The Hall–Kier alpha value is -2.64. The van der Waals surface area contributed by atoms with Crippen LogP contribution >= 0.6 is 24.0 Å². The van der Waals surface area contributed by atoms with Crippen LogP contribution in [0.25, 0.3) is 12.2 Å². The number of rotatable bonds is 6. The van der Waals surface area contributed by atoms with Crippen LogP contribution in [0.15, 0.2) is 54.6 Å². The quantitative estimate of drug-likeness (QED) is 0.295. The minimum absolute atomic E-state index is 0. The molecule has 1 saturated heterocycles. The van der Waals surface area contributed by atoms with Gasteiger partial charge in [-0.05, 0) is 48.5 Å². The van der Waals surface area contributed by atoms with Gasteiger partial charge in [-0.3, -0.25) is 14.8 Å². The third-order valence-corrected chi connectivity index (χ3v) is 5.31. The lowest BCUT2D eigenvalue weighted by Gasteiger charge is -2.34. The number of halogens is 2. The lowest BCUT2D eigenvalue weighted by molar-refractivity contribution is -0.124. The van der Waals surface area contributed by atoms with E-state index < -0.39 is 5.91 Å². The van der Waals surface area contributed by atoms with E-state index >= 15 is 0 Å². The van der Waals surface area contributed by atoms with Crippen LogP contribution in [0.2, 0.25) is 5.02 Å². The van der Waals surface area contributed by atoms with Crippen molar-refractivity contribution in [1.82, 2.24) is 10.4 Å². The summed E-state index contributed by atoms with van der Waals surface area (Å²) in [6.45, 7) is 3.81.